The van der Waals surface area contributed by atoms with Gasteiger partial charge >= 0.3 is 0 Å². The van der Waals surface area contributed by atoms with Crippen molar-refractivity contribution in [1.29, 1.82) is 0 Å². The molecular weight excluding hydrogens is 180 g/mol. The van der Waals surface area contributed by atoms with Gasteiger partial charge in [0.15, 0.2) is 5.84 Å². The minimum absolute atomic E-state index is 0.346. The van der Waals surface area contributed by atoms with Gasteiger partial charge in [-0.3, -0.25) is 0 Å². The van der Waals surface area contributed by atoms with E-state index in [9.17, 15) is 0 Å². The molecule has 0 amide bonds. The van der Waals surface area contributed by atoms with Crippen molar-refractivity contribution in [2.45, 2.75) is 0 Å². The molecule has 0 unspecified atom stereocenters. The summed E-state index contributed by atoms with van der Waals surface area (Å²) in [6.07, 6.45) is 5.00. The fraction of sp³-hybridized carbons (Fsp3) is 0.250. The normalized spacial score (nSPS) is 14.9. The average molecular weight is 194 g/mol. The number of hydrazone groups is 2. The lowest BCUT2D eigenvalue weighted by Crippen LogP contribution is -2.48. The van der Waals surface area contributed by atoms with Gasteiger partial charge in [-0.25, -0.2) is 0 Å². The lowest BCUT2D eigenvalue weighted by Gasteiger charge is -2.30. The Kier molecular flexibility index (Phi) is 3.69. The summed E-state index contributed by atoms with van der Waals surface area (Å²) in [5, 5.41) is 11.2. The van der Waals surface area contributed by atoms with Gasteiger partial charge in [-0.1, -0.05) is 12.2 Å². The summed E-state index contributed by atoms with van der Waals surface area (Å²) in [7, 11) is 0. The Hall–Kier alpha value is -1.82. The molecule has 0 aromatic heterocycles. The maximum absolute atomic E-state index is 5.40. The smallest absolute Gasteiger partial charge is 0.165 e. The van der Waals surface area contributed by atoms with Gasteiger partial charge in [0, 0.05) is 13.1 Å². The van der Waals surface area contributed by atoms with Gasteiger partial charge in [-0.15, -0.1) is 28.6 Å². The van der Waals surface area contributed by atoms with Crippen molar-refractivity contribution in [3.63, 3.8) is 0 Å². The first-order valence-electron chi connectivity index (χ1n) is 4.17. The van der Waals surface area contributed by atoms with Gasteiger partial charge in [0.2, 0.25) is 0 Å². The molecule has 0 bridgehead atoms. The molecule has 1 aliphatic heterocycles. The van der Waals surface area contributed by atoms with Crippen molar-refractivity contribution in [2.75, 3.05) is 13.1 Å². The molecule has 0 aromatic carbocycles. The largest absolute Gasteiger partial charge is 0.381 e. The highest BCUT2D eigenvalue weighted by Crippen LogP contribution is 1.98. The number of nitrogens with two attached hydrogens (primary N) is 1. The van der Waals surface area contributed by atoms with E-state index in [1.165, 1.54) is 11.4 Å². The van der Waals surface area contributed by atoms with Crippen LogP contribution in [0.15, 0.2) is 35.5 Å². The summed E-state index contributed by atoms with van der Waals surface area (Å²) in [6, 6.07) is 0. The first-order chi connectivity index (χ1) is 6.77. The van der Waals surface area contributed by atoms with E-state index in [4.69, 9.17) is 5.73 Å². The summed E-state index contributed by atoms with van der Waals surface area (Å²) < 4.78 is 0. The monoisotopic (exact) mass is 194 g/mol. The van der Waals surface area contributed by atoms with Crippen LogP contribution in [0.3, 0.4) is 0 Å². The minimum Gasteiger partial charge on any atom is -0.381 e. The SMILES string of the molecule is C=CCN(CC=C)N1N=CC(N)=NN1. The van der Waals surface area contributed by atoms with Gasteiger partial charge in [0.25, 0.3) is 0 Å². The second-order valence-corrected chi connectivity index (χ2v) is 2.62. The second-order valence-electron chi connectivity index (χ2n) is 2.62. The fourth-order valence-corrected chi connectivity index (χ4v) is 0.935. The molecular formula is C8H14N6. The average Bonchev–Trinajstić information content (AvgIpc) is 2.19. The quantitative estimate of drug-likeness (QED) is 0.587. The molecule has 14 heavy (non-hydrogen) atoms. The fourth-order valence-electron chi connectivity index (χ4n) is 0.935. The van der Waals surface area contributed by atoms with Crippen LogP contribution >= 0.6 is 0 Å². The molecule has 1 heterocycles. The van der Waals surface area contributed by atoms with Crippen LogP contribution in [-0.4, -0.2) is 35.4 Å². The minimum atomic E-state index is 0.346. The van der Waals surface area contributed by atoms with Crippen molar-refractivity contribution in [1.82, 2.24) is 15.8 Å². The third kappa shape index (κ3) is 2.60. The van der Waals surface area contributed by atoms with Crippen LogP contribution < -0.4 is 11.3 Å². The number of nitrogens with one attached hydrogen (secondary N) is 1. The highest BCUT2D eigenvalue weighted by Gasteiger charge is 2.11. The van der Waals surface area contributed by atoms with Crippen LogP contribution in [0.5, 0.6) is 0 Å². The number of hydrogen-bond donors (Lipinski definition) is 2. The summed E-state index contributed by atoms with van der Waals surface area (Å²) >= 11 is 0. The molecule has 6 nitrogen and oxygen atoms in total. The lowest BCUT2D eigenvalue weighted by molar-refractivity contribution is -0.0517. The van der Waals surface area contributed by atoms with Crippen LogP contribution in [0.25, 0.3) is 0 Å². The first kappa shape index (κ1) is 10.3. The number of hydrazine groups is 2. The molecule has 0 aromatic rings. The second kappa shape index (κ2) is 5.03. The van der Waals surface area contributed by atoms with Crippen LogP contribution in [0.4, 0.5) is 0 Å². The summed E-state index contributed by atoms with van der Waals surface area (Å²) in [5.74, 6) is 0.346. The van der Waals surface area contributed by atoms with Crippen LogP contribution in [0.2, 0.25) is 0 Å². The zero-order valence-corrected chi connectivity index (χ0v) is 7.93. The van der Waals surface area contributed by atoms with Gasteiger partial charge in [0.05, 0.1) is 6.21 Å². The topological polar surface area (TPSA) is 69.2 Å². The van der Waals surface area contributed by atoms with Crippen LogP contribution in [-0.2, 0) is 0 Å². The summed E-state index contributed by atoms with van der Waals surface area (Å²) in [6.45, 7) is 8.59. The lowest BCUT2D eigenvalue weighted by atomic mass is 10.5. The van der Waals surface area contributed by atoms with E-state index < -0.39 is 0 Å². The van der Waals surface area contributed by atoms with E-state index in [0.717, 1.165) is 0 Å². The molecule has 76 valence electrons. The number of hydrogen-bond acceptors (Lipinski definition) is 6. The van der Waals surface area contributed by atoms with Gasteiger partial charge in [-0.2, -0.15) is 10.5 Å². The zero-order chi connectivity index (χ0) is 10.4. The Bertz CT molecular complexity index is 259. The Balaban J connectivity index is 2.57. The van der Waals surface area contributed by atoms with E-state index in [-0.39, 0.29) is 0 Å². The maximum Gasteiger partial charge on any atom is 0.165 e. The van der Waals surface area contributed by atoms with Crippen molar-refractivity contribution < 1.29 is 0 Å². The molecule has 6 heteroatoms. The maximum atomic E-state index is 5.40. The van der Waals surface area contributed by atoms with E-state index >= 15 is 0 Å². The molecule has 0 fully saturated rings. The highest BCUT2D eigenvalue weighted by molar-refractivity contribution is 6.28. The van der Waals surface area contributed by atoms with E-state index in [0.29, 0.717) is 18.9 Å². The third-order valence-electron chi connectivity index (χ3n) is 1.52. The Morgan fingerprint density at radius 1 is 1.50 bits per heavy atom. The molecule has 0 radical (unpaired) electrons. The van der Waals surface area contributed by atoms with Crippen molar-refractivity contribution in [3.8, 4) is 0 Å². The number of amidine groups is 1. The molecule has 1 rings (SSSR count). The Morgan fingerprint density at radius 2 is 2.14 bits per heavy atom. The van der Waals surface area contributed by atoms with Crippen molar-refractivity contribution in [3.05, 3.63) is 25.3 Å². The Morgan fingerprint density at radius 3 is 2.57 bits per heavy atom. The van der Waals surface area contributed by atoms with Gasteiger partial charge in [0.1, 0.15) is 0 Å². The van der Waals surface area contributed by atoms with Crippen molar-refractivity contribution >= 4 is 12.1 Å². The molecule has 0 aliphatic carbocycles. The zero-order valence-electron chi connectivity index (χ0n) is 7.93. The molecule has 0 saturated carbocycles. The predicted molar refractivity (Wildman–Crippen MR) is 57.1 cm³/mol. The predicted octanol–water partition coefficient (Wildman–Crippen LogP) is -0.346. The van der Waals surface area contributed by atoms with E-state index in [1.807, 2.05) is 5.01 Å². The van der Waals surface area contributed by atoms with Crippen molar-refractivity contribution in [2.24, 2.45) is 15.9 Å². The Labute approximate surface area is 83.0 Å². The molecule has 0 saturated heterocycles. The standard InChI is InChI=1S/C8H14N6/c1-3-5-13(6-4-2)14-10-7-8(9)11-12-14/h3-4,7,12H,1-2,5-6H2,(H2,9,11). The third-order valence-corrected chi connectivity index (χ3v) is 1.52. The molecule has 0 spiro atoms. The van der Waals surface area contributed by atoms with E-state index in [1.54, 1.807) is 12.2 Å². The van der Waals surface area contributed by atoms with Gasteiger partial charge < -0.3 is 5.73 Å². The van der Waals surface area contributed by atoms with Gasteiger partial charge in [-0.05, 0) is 0 Å². The highest BCUT2D eigenvalue weighted by atomic mass is 16.0. The molecule has 0 atom stereocenters. The summed E-state index contributed by atoms with van der Waals surface area (Å²) in [5.41, 5.74) is 8.07. The number of nitrogens with zero attached hydrogens (tertiary/aromatic N) is 4. The molecule has 3 N–H and O–H groups in total. The van der Waals surface area contributed by atoms with Crippen LogP contribution in [0, 0.1) is 0 Å². The summed E-state index contributed by atoms with van der Waals surface area (Å²) in [4.78, 5) is 0. The van der Waals surface area contributed by atoms with Crippen LogP contribution in [0.1, 0.15) is 0 Å². The molecule has 1 aliphatic rings. The number of rotatable bonds is 5. The van der Waals surface area contributed by atoms with E-state index in [2.05, 4.69) is 28.9 Å². The first-order valence-corrected chi connectivity index (χ1v) is 4.17.